The lowest BCUT2D eigenvalue weighted by molar-refractivity contribution is -0.138. The Bertz CT molecular complexity index is 1130. The Morgan fingerprint density at radius 1 is 1.18 bits per heavy atom. The highest BCUT2D eigenvalue weighted by atomic mass is 79.9. The number of nitrogens with zero attached hydrogens (tertiary/aromatic N) is 1. The molecule has 0 aromatic heterocycles. The van der Waals surface area contributed by atoms with Gasteiger partial charge in [0.15, 0.2) is 0 Å². The second kappa shape index (κ2) is 8.79. The number of benzene rings is 2. The molecule has 0 radical (unpaired) electrons. The van der Waals surface area contributed by atoms with Gasteiger partial charge in [0, 0.05) is 17.9 Å². The third-order valence-corrected chi connectivity index (χ3v) is 5.95. The van der Waals surface area contributed by atoms with Crippen molar-refractivity contribution in [2.45, 2.75) is 18.3 Å². The first-order valence-electron chi connectivity index (χ1n) is 9.83. The van der Waals surface area contributed by atoms with Gasteiger partial charge in [0.05, 0.1) is 35.7 Å². The molecule has 1 fully saturated rings. The van der Waals surface area contributed by atoms with E-state index in [-0.39, 0.29) is 28.3 Å². The van der Waals surface area contributed by atoms with Crippen molar-refractivity contribution in [2.24, 2.45) is 0 Å². The SMILES string of the molecule is COC(=O)C1=C(CBr)N(c2cc(F)cc(C(F)(F)F)c2)C(=O)NC1c1ccc(C2CN2)cc1. The number of nitrogens with one attached hydrogen (secondary N) is 2. The van der Waals surface area contributed by atoms with Crippen molar-refractivity contribution < 1.29 is 31.9 Å². The maximum atomic E-state index is 14.1. The zero-order chi connectivity index (χ0) is 23.9. The highest BCUT2D eigenvalue weighted by molar-refractivity contribution is 9.09. The van der Waals surface area contributed by atoms with Gasteiger partial charge in [0.2, 0.25) is 0 Å². The molecule has 2 amide bonds. The van der Waals surface area contributed by atoms with Gasteiger partial charge in [0.25, 0.3) is 0 Å². The number of esters is 1. The monoisotopic (exact) mass is 527 g/mol. The molecule has 2 N–H and O–H groups in total. The fraction of sp³-hybridized carbons (Fsp3) is 0.273. The second-order valence-electron chi connectivity index (χ2n) is 7.53. The number of urea groups is 1. The molecule has 6 nitrogen and oxygen atoms in total. The number of methoxy groups -OCH3 is 1. The number of carbonyl (C=O) groups excluding carboxylic acids is 2. The first-order valence-corrected chi connectivity index (χ1v) is 10.9. The van der Waals surface area contributed by atoms with Gasteiger partial charge in [0.1, 0.15) is 5.82 Å². The number of carbonyl (C=O) groups is 2. The van der Waals surface area contributed by atoms with E-state index >= 15 is 0 Å². The van der Waals surface area contributed by atoms with Crippen LogP contribution in [0.5, 0.6) is 0 Å². The Kier molecular flexibility index (Phi) is 6.19. The summed E-state index contributed by atoms with van der Waals surface area (Å²) in [6.45, 7) is 0.864. The van der Waals surface area contributed by atoms with Gasteiger partial charge in [-0.15, -0.1) is 0 Å². The van der Waals surface area contributed by atoms with Crippen LogP contribution in [0.1, 0.15) is 28.8 Å². The average Bonchev–Trinajstić information content (AvgIpc) is 3.62. The molecule has 2 heterocycles. The fourth-order valence-electron chi connectivity index (χ4n) is 3.75. The minimum atomic E-state index is -4.83. The molecule has 0 saturated carbocycles. The van der Waals surface area contributed by atoms with Gasteiger partial charge < -0.3 is 15.4 Å². The van der Waals surface area contributed by atoms with E-state index in [0.717, 1.165) is 30.2 Å². The molecule has 0 spiro atoms. The third kappa shape index (κ3) is 4.60. The van der Waals surface area contributed by atoms with Crippen molar-refractivity contribution in [3.63, 3.8) is 0 Å². The molecule has 2 atom stereocenters. The summed E-state index contributed by atoms with van der Waals surface area (Å²) in [7, 11) is 1.16. The van der Waals surface area contributed by atoms with Crippen LogP contribution in [0.3, 0.4) is 0 Å². The fourth-order valence-corrected chi connectivity index (χ4v) is 4.31. The number of anilines is 1. The Balaban J connectivity index is 1.83. The standard InChI is InChI=1S/C22H18BrF4N3O3/c1-33-20(31)18-17(9-23)30(15-7-13(22(25,26)27)6-14(24)8-15)21(32)29-19(18)12-4-2-11(3-5-12)16-10-28-16/h2-8,16,19,28H,9-10H2,1H3,(H,29,32). The van der Waals surface area contributed by atoms with E-state index in [1.165, 1.54) is 0 Å². The van der Waals surface area contributed by atoms with E-state index in [1.807, 2.05) is 12.1 Å². The topological polar surface area (TPSA) is 80.6 Å². The molecular formula is C22H18BrF4N3O3. The zero-order valence-electron chi connectivity index (χ0n) is 17.2. The van der Waals surface area contributed by atoms with E-state index < -0.39 is 35.6 Å². The number of halogens is 5. The summed E-state index contributed by atoms with van der Waals surface area (Å²) in [6.07, 6.45) is -4.83. The average molecular weight is 528 g/mol. The second-order valence-corrected chi connectivity index (χ2v) is 8.09. The maximum Gasteiger partial charge on any atom is 0.416 e. The van der Waals surface area contributed by atoms with E-state index in [4.69, 9.17) is 4.74 Å². The highest BCUT2D eigenvalue weighted by Gasteiger charge is 2.40. The lowest BCUT2D eigenvalue weighted by atomic mass is 9.93. The lowest BCUT2D eigenvalue weighted by Crippen LogP contribution is -2.49. The number of ether oxygens (including phenoxy) is 1. The number of hydrogen-bond donors (Lipinski definition) is 2. The smallest absolute Gasteiger partial charge is 0.416 e. The number of hydrogen-bond acceptors (Lipinski definition) is 4. The Hall–Kier alpha value is -2.92. The normalized spacial score (nSPS) is 20.5. The Morgan fingerprint density at radius 3 is 2.36 bits per heavy atom. The van der Waals surface area contributed by atoms with Crippen molar-refractivity contribution in [3.05, 3.63) is 76.2 Å². The van der Waals surface area contributed by atoms with Crippen LogP contribution < -0.4 is 15.5 Å². The number of alkyl halides is 4. The molecule has 4 rings (SSSR count). The van der Waals surface area contributed by atoms with Crippen LogP contribution in [-0.4, -0.2) is 31.0 Å². The van der Waals surface area contributed by atoms with Gasteiger partial charge in [-0.25, -0.2) is 14.0 Å². The van der Waals surface area contributed by atoms with Crippen molar-refractivity contribution >= 4 is 33.6 Å². The van der Waals surface area contributed by atoms with Crippen molar-refractivity contribution in [2.75, 3.05) is 23.9 Å². The molecule has 0 bridgehead atoms. The minimum Gasteiger partial charge on any atom is -0.466 e. The first-order chi connectivity index (χ1) is 15.6. The van der Waals surface area contributed by atoms with Crippen LogP contribution >= 0.6 is 15.9 Å². The summed E-state index contributed by atoms with van der Waals surface area (Å²) < 4.78 is 58.7. The van der Waals surface area contributed by atoms with Crippen molar-refractivity contribution in [1.29, 1.82) is 0 Å². The molecule has 33 heavy (non-hydrogen) atoms. The summed E-state index contributed by atoms with van der Waals surface area (Å²) in [5, 5.41) is 5.74. The minimum absolute atomic E-state index is 0.0177. The largest absolute Gasteiger partial charge is 0.466 e. The molecule has 2 unspecified atom stereocenters. The Labute approximate surface area is 194 Å². The van der Waals surface area contributed by atoms with Crippen LogP contribution in [0.25, 0.3) is 0 Å². The molecule has 2 aromatic rings. The molecule has 174 valence electrons. The first kappa shape index (κ1) is 23.2. The van der Waals surface area contributed by atoms with Crippen molar-refractivity contribution in [1.82, 2.24) is 10.6 Å². The van der Waals surface area contributed by atoms with Crippen LogP contribution in [0.2, 0.25) is 0 Å². The van der Waals surface area contributed by atoms with E-state index in [0.29, 0.717) is 17.7 Å². The Morgan fingerprint density at radius 2 is 1.82 bits per heavy atom. The molecule has 1 saturated heterocycles. The molecule has 2 aliphatic heterocycles. The van der Waals surface area contributed by atoms with Crippen molar-refractivity contribution in [3.8, 4) is 0 Å². The maximum absolute atomic E-state index is 14.1. The molecule has 2 aromatic carbocycles. The highest BCUT2D eigenvalue weighted by Crippen LogP contribution is 2.38. The predicted octanol–water partition coefficient (Wildman–Crippen LogP) is 4.58. The van der Waals surface area contributed by atoms with Gasteiger partial charge in [-0.2, -0.15) is 13.2 Å². The van der Waals surface area contributed by atoms with Crippen LogP contribution in [0.15, 0.2) is 53.7 Å². The molecule has 11 heteroatoms. The summed E-state index contributed by atoms with van der Waals surface area (Å²) in [5.41, 5.74) is 0.0635. The molecular weight excluding hydrogens is 510 g/mol. The number of amides is 2. The quantitative estimate of drug-likeness (QED) is 0.258. The summed E-state index contributed by atoms with van der Waals surface area (Å²) in [6, 6.07) is 7.57. The van der Waals surface area contributed by atoms with Crippen LogP contribution in [0, 0.1) is 5.82 Å². The van der Waals surface area contributed by atoms with E-state index in [1.54, 1.807) is 12.1 Å². The van der Waals surface area contributed by atoms with Gasteiger partial charge in [-0.1, -0.05) is 40.2 Å². The molecule has 0 aliphatic carbocycles. The van der Waals surface area contributed by atoms with Gasteiger partial charge >= 0.3 is 18.2 Å². The third-order valence-electron chi connectivity index (χ3n) is 5.42. The van der Waals surface area contributed by atoms with Gasteiger partial charge in [-0.3, -0.25) is 4.90 Å². The summed E-state index contributed by atoms with van der Waals surface area (Å²) in [5.74, 6) is -1.95. The molecule has 2 aliphatic rings. The van der Waals surface area contributed by atoms with Crippen LogP contribution in [-0.2, 0) is 15.7 Å². The van der Waals surface area contributed by atoms with Gasteiger partial charge in [-0.05, 0) is 29.3 Å². The summed E-state index contributed by atoms with van der Waals surface area (Å²) in [4.78, 5) is 26.6. The summed E-state index contributed by atoms with van der Waals surface area (Å²) >= 11 is 3.22. The number of allylic oxidation sites excluding steroid dienone is 1. The van der Waals surface area contributed by atoms with E-state index in [2.05, 4.69) is 26.6 Å². The lowest BCUT2D eigenvalue weighted by Gasteiger charge is -2.36. The number of rotatable bonds is 5. The predicted molar refractivity (Wildman–Crippen MR) is 115 cm³/mol. The van der Waals surface area contributed by atoms with E-state index in [9.17, 15) is 27.2 Å². The zero-order valence-corrected chi connectivity index (χ0v) is 18.8. The van der Waals surface area contributed by atoms with Crippen LogP contribution in [0.4, 0.5) is 28.0 Å².